The molecular weight excluding hydrogens is 289 g/mol. The summed E-state index contributed by atoms with van der Waals surface area (Å²) in [5, 5.41) is 3.33. The summed E-state index contributed by atoms with van der Waals surface area (Å²) in [7, 11) is 1.82. The van der Waals surface area contributed by atoms with Crippen molar-refractivity contribution in [3.63, 3.8) is 0 Å². The Labute approximate surface area is 129 Å². The van der Waals surface area contributed by atoms with Gasteiger partial charge >= 0.3 is 6.18 Å². The molecule has 0 bridgehead atoms. The van der Waals surface area contributed by atoms with Crippen LogP contribution in [-0.4, -0.2) is 26.2 Å². The van der Waals surface area contributed by atoms with Gasteiger partial charge in [0.1, 0.15) is 0 Å². The zero-order valence-corrected chi connectivity index (χ0v) is 13.1. The number of anilines is 1. The molecule has 5 heteroatoms. The lowest BCUT2D eigenvalue weighted by molar-refractivity contribution is -0.137. The Morgan fingerprint density at radius 3 is 2.77 bits per heavy atom. The maximum Gasteiger partial charge on any atom is 0.418 e. The van der Waals surface area contributed by atoms with Gasteiger partial charge in [-0.05, 0) is 43.0 Å². The van der Waals surface area contributed by atoms with Crippen LogP contribution in [-0.2, 0) is 12.6 Å². The Balaban J connectivity index is 2.09. The molecule has 2 atom stereocenters. The lowest BCUT2D eigenvalue weighted by Crippen LogP contribution is -2.42. The standard InChI is InChI=1S/C17H23F3N2/c1-3-4-5-11-8-12-13-10-21-7-6-15(13)22(2)16(12)14(9-11)17(18,19)20/h8-9,13,15,21H,3-7,10H2,1-2H3. The molecule has 3 rings (SSSR count). The number of aryl methyl sites for hydroxylation is 1. The first-order chi connectivity index (χ1) is 10.4. The van der Waals surface area contributed by atoms with Crippen LogP contribution in [0.3, 0.4) is 0 Å². The molecule has 0 amide bonds. The van der Waals surface area contributed by atoms with E-state index in [2.05, 4.69) is 12.2 Å². The van der Waals surface area contributed by atoms with Crippen LogP contribution in [0.1, 0.15) is 48.8 Å². The summed E-state index contributed by atoms with van der Waals surface area (Å²) >= 11 is 0. The Hall–Kier alpha value is -1.23. The summed E-state index contributed by atoms with van der Waals surface area (Å²) in [4.78, 5) is 1.87. The van der Waals surface area contributed by atoms with E-state index in [1.807, 2.05) is 18.0 Å². The number of rotatable bonds is 3. The molecule has 0 aromatic heterocycles. The van der Waals surface area contributed by atoms with E-state index in [1.165, 1.54) is 6.07 Å². The van der Waals surface area contributed by atoms with Crippen molar-refractivity contribution in [2.24, 2.45) is 0 Å². The Kier molecular flexibility index (Phi) is 4.10. The van der Waals surface area contributed by atoms with Crippen LogP contribution < -0.4 is 10.2 Å². The van der Waals surface area contributed by atoms with E-state index in [1.54, 1.807) is 0 Å². The first-order valence-corrected chi connectivity index (χ1v) is 8.11. The van der Waals surface area contributed by atoms with E-state index in [0.29, 0.717) is 5.69 Å². The molecule has 1 aromatic carbocycles. The predicted octanol–water partition coefficient (Wildman–Crippen LogP) is 3.94. The molecule has 122 valence electrons. The van der Waals surface area contributed by atoms with E-state index >= 15 is 0 Å². The van der Waals surface area contributed by atoms with Crippen LogP contribution in [0.15, 0.2) is 12.1 Å². The number of nitrogens with zero attached hydrogens (tertiary/aromatic N) is 1. The van der Waals surface area contributed by atoms with E-state index in [9.17, 15) is 13.2 Å². The van der Waals surface area contributed by atoms with Crippen LogP contribution >= 0.6 is 0 Å². The van der Waals surface area contributed by atoms with E-state index in [4.69, 9.17) is 0 Å². The molecule has 2 aliphatic rings. The summed E-state index contributed by atoms with van der Waals surface area (Å²) in [6.07, 6.45) is -0.746. The van der Waals surface area contributed by atoms with Gasteiger partial charge < -0.3 is 10.2 Å². The van der Waals surface area contributed by atoms with Gasteiger partial charge in [-0.15, -0.1) is 0 Å². The van der Waals surface area contributed by atoms with E-state index < -0.39 is 11.7 Å². The van der Waals surface area contributed by atoms with Crippen LogP contribution in [0.5, 0.6) is 0 Å². The summed E-state index contributed by atoms with van der Waals surface area (Å²) in [6.45, 7) is 3.72. The molecule has 1 fully saturated rings. The summed E-state index contributed by atoms with van der Waals surface area (Å²) < 4.78 is 40.7. The fourth-order valence-electron chi connectivity index (χ4n) is 3.93. The molecular formula is C17H23F3N2. The number of halogens is 3. The number of unbranched alkanes of at least 4 members (excludes halogenated alkanes) is 1. The van der Waals surface area contributed by atoms with Gasteiger partial charge in [-0.25, -0.2) is 0 Å². The number of nitrogens with one attached hydrogen (secondary N) is 1. The zero-order chi connectivity index (χ0) is 15.9. The maximum absolute atomic E-state index is 13.6. The SMILES string of the molecule is CCCCc1cc2c(c(C(F)(F)F)c1)N(C)C1CCNCC21. The van der Waals surface area contributed by atoms with Crippen LogP contribution in [0.25, 0.3) is 0 Å². The van der Waals surface area contributed by atoms with Crippen molar-refractivity contribution in [3.05, 3.63) is 28.8 Å². The lowest BCUT2D eigenvalue weighted by atomic mass is 9.88. The van der Waals surface area contributed by atoms with Crippen molar-refractivity contribution >= 4 is 5.69 Å². The summed E-state index contributed by atoms with van der Waals surface area (Å²) in [5.74, 6) is 0.177. The van der Waals surface area contributed by atoms with Gasteiger partial charge in [0.2, 0.25) is 0 Å². The molecule has 0 saturated carbocycles. The van der Waals surface area contributed by atoms with Crippen molar-refractivity contribution < 1.29 is 13.2 Å². The van der Waals surface area contributed by atoms with Crippen molar-refractivity contribution in [1.29, 1.82) is 0 Å². The molecule has 0 spiro atoms. The average Bonchev–Trinajstić information content (AvgIpc) is 2.77. The second kappa shape index (κ2) is 5.76. The number of hydrogen-bond donors (Lipinski definition) is 1. The minimum absolute atomic E-state index is 0.177. The minimum atomic E-state index is -4.29. The zero-order valence-electron chi connectivity index (χ0n) is 13.1. The minimum Gasteiger partial charge on any atom is -0.370 e. The quantitative estimate of drug-likeness (QED) is 0.909. The smallest absolute Gasteiger partial charge is 0.370 e. The molecule has 2 unspecified atom stereocenters. The Morgan fingerprint density at radius 1 is 1.32 bits per heavy atom. The highest BCUT2D eigenvalue weighted by Gasteiger charge is 2.44. The van der Waals surface area contributed by atoms with Crippen molar-refractivity contribution in [1.82, 2.24) is 5.32 Å². The highest BCUT2D eigenvalue weighted by atomic mass is 19.4. The maximum atomic E-state index is 13.6. The molecule has 1 N–H and O–H groups in total. The van der Waals surface area contributed by atoms with Crippen LogP contribution in [0, 0.1) is 0 Å². The Bertz CT molecular complexity index is 554. The number of piperidine rings is 1. The van der Waals surface area contributed by atoms with Crippen LogP contribution in [0.2, 0.25) is 0 Å². The topological polar surface area (TPSA) is 15.3 Å². The second-order valence-corrected chi connectivity index (χ2v) is 6.46. The molecule has 0 radical (unpaired) electrons. The third-order valence-electron chi connectivity index (χ3n) is 5.02. The predicted molar refractivity (Wildman–Crippen MR) is 82.5 cm³/mol. The first-order valence-electron chi connectivity index (χ1n) is 8.11. The van der Waals surface area contributed by atoms with Gasteiger partial charge in [-0.2, -0.15) is 13.2 Å². The molecule has 1 saturated heterocycles. The fourth-order valence-corrected chi connectivity index (χ4v) is 3.93. The normalized spacial score (nSPS) is 24.3. The molecule has 0 aliphatic carbocycles. The fraction of sp³-hybridized carbons (Fsp3) is 0.647. The van der Waals surface area contributed by atoms with E-state index in [0.717, 1.165) is 49.9 Å². The monoisotopic (exact) mass is 312 g/mol. The number of alkyl halides is 3. The average molecular weight is 312 g/mol. The van der Waals surface area contributed by atoms with Gasteiger partial charge in [0.05, 0.1) is 11.3 Å². The van der Waals surface area contributed by atoms with E-state index in [-0.39, 0.29) is 12.0 Å². The number of benzene rings is 1. The molecule has 2 heterocycles. The van der Waals surface area contributed by atoms with Gasteiger partial charge in [0.15, 0.2) is 0 Å². The second-order valence-electron chi connectivity index (χ2n) is 6.46. The third kappa shape index (κ3) is 2.60. The van der Waals surface area contributed by atoms with Gasteiger partial charge in [-0.1, -0.05) is 19.4 Å². The van der Waals surface area contributed by atoms with Gasteiger partial charge in [-0.3, -0.25) is 0 Å². The molecule has 22 heavy (non-hydrogen) atoms. The largest absolute Gasteiger partial charge is 0.418 e. The summed E-state index contributed by atoms with van der Waals surface area (Å²) in [6, 6.07) is 3.59. The molecule has 2 nitrogen and oxygen atoms in total. The third-order valence-corrected chi connectivity index (χ3v) is 5.02. The number of hydrogen-bond acceptors (Lipinski definition) is 2. The number of likely N-dealkylation sites (N-methyl/N-ethyl adjacent to an activating group) is 1. The first kappa shape index (κ1) is 15.7. The number of fused-ring (bicyclic) bond motifs is 3. The van der Waals surface area contributed by atoms with Crippen molar-refractivity contribution in [2.45, 2.75) is 50.7 Å². The summed E-state index contributed by atoms with van der Waals surface area (Å²) in [5.41, 5.74) is 1.67. The molecule has 2 aliphatic heterocycles. The van der Waals surface area contributed by atoms with Crippen LogP contribution in [0.4, 0.5) is 18.9 Å². The van der Waals surface area contributed by atoms with Crippen molar-refractivity contribution in [3.8, 4) is 0 Å². The lowest BCUT2D eigenvalue weighted by Gasteiger charge is -2.31. The van der Waals surface area contributed by atoms with Gasteiger partial charge in [0, 0.05) is 25.6 Å². The highest BCUT2D eigenvalue weighted by molar-refractivity contribution is 5.68. The Morgan fingerprint density at radius 2 is 2.09 bits per heavy atom. The highest BCUT2D eigenvalue weighted by Crippen LogP contribution is 2.49. The van der Waals surface area contributed by atoms with Crippen molar-refractivity contribution in [2.75, 3.05) is 25.0 Å². The van der Waals surface area contributed by atoms with Gasteiger partial charge in [0.25, 0.3) is 0 Å². The molecule has 1 aromatic rings.